The summed E-state index contributed by atoms with van der Waals surface area (Å²) in [5, 5.41) is 9.72. The quantitative estimate of drug-likeness (QED) is 0.929. The number of hydrogen-bond acceptors (Lipinski definition) is 2. The van der Waals surface area contributed by atoms with Crippen LogP contribution in [0.4, 0.5) is 8.78 Å². The van der Waals surface area contributed by atoms with E-state index in [0.29, 0.717) is 11.3 Å². The minimum atomic E-state index is -0.872. The first-order valence-electron chi connectivity index (χ1n) is 6.51. The van der Waals surface area contributed by atoms with Gasteiger partial charge in [0.15, 0.2) is 11.6 Å². The highest BCUT2D eigenvalue weighted by Gasteiger charge is 2.20. The van der Waals surface area contributed by atoms with Crippen LogP contribution in [-0.4, -0.2) is 5.11 Å². The number of aliphatic hydroxyl groups is 1. The summed E-state index contributed by atoms with van der Waals surface area (Å²) in [6.07, 6.45) is 1.19. The van der Waals surface area contributed by atoms with E-state index in [1.807, 2.05) is 12.1 Å². The van der Waals surface area contributed by atoms with E-state index in [1.54, 1.807) is 6.07 Å². The summed E-state index contributed by atoms with van der Waals surface area (Å²) in [6, 6.07) is 9.25. The van der Waals surface area contributed by atoms with E-state index in [4.69, 9.17) is 4.74 Å². The molecule has 4 heteroatoms. The minimum Gasteiger partial charge on any atom is -0.489 e. The minimum absolute atomic E-state index is 0.179. The van der Waals surface area contributed by atoms with E-state index in [0.717, 1.165) is 36.1 Å². The molecular weight excluding hydrogens is 262 g/mol. The number of halogens is 2. The summed E-state index contributed by atoms with van der Waals surface area (Å²) in [6.45, 7) is 0.179. The highest BCUT2D eigenvalue weighted by atomic mass is 19.2. The zero-order valence-corrected chi connectivity index (χ0v) is 10.8. The summed E-state index contributed by atoms with van der Waals surface area (Å²) in [5.74, 6) is -1.06. The molecule has 0 heterocycles. The van der Waals surface area contributed by atoms with Gasteiger partial charge in [-0.1, -0.05) is 12.1 Å². The van der Waals surface area contributed by atoms with Crippen LogP contribution in [0, 0.1) is 11.6 Å². The van der Waals surface area contributed by atoms with Crippen molar-refractivity contribution in [3.8, 4) is 5.75 Å². The predicted molar refractivity (Wildman–Crippen MR) is 70.4 cm³/mol. The maximum atomic E-state index is 13.1. The maximum Gasteiger partial charge on any atom is 0.159 e. The van der Waals surface area contributed by atoms with Crippen LogP contribution in [-0.2, 0) is 13.0 Å². The van der Waals surface area contributed by atoms with Gasteiger partial charge in [-0.25, -0.2) is 8.78 Å². The number of aliphatic hydroxyl groups excluding tert-OH is 1. The van der Waals surface area contributed by atoms with Crippen LogP contribution in [0.25, 0.3) is 0 Å². The van der Waals surface area contributed by atoms with Crippen LogP contribution in [0.3, 0.4) is 0 Å². The molecule has 0 bridgehead atoms. The summed E-state index contributed by atoms with van der Waals surface area (Å²) >= 11 is 0. The van der Waals surface area contributed by atoms with Gasteiger partial charge in [-0.2, -0.15) is 0 Å². The first-order chi connectivity index (χ1) is 9.63. The molecule has 20 heavy (non-hydrogen) atoms. The number of aryl methyl sites for hydroxylation is 1. The fraction of sp³-hybridized carbons (Fsp3) is 0.250. The molecule has 0 saturated carbocycles. The third-order valence-electron chi connectivity index (χ3n) is 3.55. The first kappa shape index (κ1) is 13.1. The lowest BCUT2D eigenvalue weighted by atomic mass is 10.1. The van der Waals surface area contributed by atoms with Gasteiger partial charge in [0.25, 0.3) is 0 Å². The van der Waals surface area contributed by atoms with Crippen molar-refractivity contribution in [1.82, 2.24) is 0 Å². The summed E-state index contributed by atoms with van der Waals surface area (Å²) in [5.41, 5.74) is 2.61. The van der Waals surface area contributed by atoms with Crippen LogP contribution >= 0.6 is 0 Å². The second-order valence-electron chi connectivity index (χ2n) is 4.95. The van der Waals surface area contributed by atoms with E-state index >= 15 is 0 Å². The van der Waals surface area contributed by atoms with E-state index in [-0.39, 0.29) is 12.7 Å². The fourth-order valence-corrected chi connectivity index (χ4v) is 2.46. The number of hydrogen-bond donors (Lipinski definition) is 1. The van der Waals surface area contributed by atoms with Gasteiger partial charge in [0.05, 0.1) is 6.10 Å². The Kier molecular flexibility index (Phi) is 3.40. The van der Waals surface area contributed by atoms with E-state index in [1.165, 1.54) is 6.07 Å². The van der Waals surface area contributed by atoms with Gasteiger partial charge in [0.1, 0.15) is 12.4 Å². The molecule has 0 amide bonds. The molecule has 1 atom stereocenters. The average molecular weight is 276 g/mol. The lowest BCUT2D eigenvalue weighted by Gasteiger charge is -2.09. The maximum absolute atomic E-state index is 13.1. The van der Waals surface area contributed by atoms with Crippen LogP contribution in [0.1, 0.15) is 29.2 Å². The molecule has 3 rings (SSSR count). The molecule has 0 radical (unpaired) electrons. The zero-order valence-electron chi connectivity index (χ0n) is 10.8. The van der Waals surface area contributed by atoms with Gasteiger partial charge >= 0.3 is 0 Å². The van der Waals surface area contributed by atoms with Gasteiger partial charge in [0, 0.05) is 0 Å². The van der Waals surface area contributed by atoms with Crippen LogP contribution in [0.15, 0.2) is 36.4 Å². The van der Waals surface area contributed by atoms with Crippen molar-refractivity contribution in [2.75, 3.05) is 0 Å². The summed E-state index contributed by atoms with van der Waals surface area (Å²) in [4.78, 5) is 0. The second-order valence-corrected chi connectivity index (χ2v) is 4.95. The fourth-order valence-electron chi connectivity index (χ4n) is 2.46. The number of fused-ring (bicyclic) bond motifs is 1. The molecule has 0 spiro atoms. The van der Waals surface area contributed by atoms with Crippen LogP contribution in [0.5, 0.6) is 5.75 Å². The van der Waals surface area contributed by atoms with E-state index in [9.17, 15) is 13.9 Å². The molecule has 0 saturated heterocycles. The van der Waals surface area contributed by atoms with Gasteiger partial charge < -0.3 is 9.84 Å². The number of benzene rings is 2. The molecular formula is C16H14F2O2. The van der Waals surface area contributed by atoms with Crippen molar-refractivity contribution in [2.24, 2.45) is 0 Å². The molecule has 1 aliphatic rings. The van der Waals surface area contributed by atoms with Crippen molar-refractivity contribution in [1.29, 1.82) is 0 Å². The van der Waals surface area contributed by atoms with Crippen molar-refractivity contribution in [3.63, 3.8) is 0 Å². The van der Waals surface area contributed by atoms with Crippen LogP contribution < -0.4 is 4.74 Å². The average Bonchev–Trinajstić information content (AvgIpc) is 2.81. The smallest absolute Gasteiger partial charge is 0.159 e. The summed E-state index contributed by atoms with van der Waals surface area (Å²) in [7, 11) is 0. The standard InChI is InChI=1S/C16H14F2O2/c17-14-5-1-10(7-15(14)18)9-20-12-3-4-13-11(8-12)2-6-16(13)19/h1,3-5,7-8,16,19H,2,6,9H2/t16-/m0/s1. The van der Waals surface area contributed by atoms with Crippen molar-refractivity contribution < 1.29 is 18.6 Å². The molecule has 2 aromatic carbocycles. The monoisotopic (exact) mass is 276 g/mol. The van der Waals surface area contributed by atoms with Crippen molar-refractivity contribution >= 4 is 0 Å². The second kappa shape index (κ2) is 5.21. The third-order valence-corrected chi connectivity index (χ3v) is 3.55. The Bertz CT molecular complexity index is 640. The molecule has 2 aromatic rings. The molecule has 2 nitrogen and oxygen atoms in total. The predicted octanol–water partition coefficient (Wildman–Crippen LogP) is 3.52. The van der Waals surface area contributed by atoms with Crippen LogP contribution in [0.2, 0.25) is 0 Å². The topological polar surface area (TPSA) is 29.5 Å². The van der Waals surface area contributed by atoms with Gasteiger partial charge in [-0.05, 0) is 53.8 Å². The Morgan fingerprint density at radius 2 is 1.95 bits per heavy atom. The molecule has 1 aliphatic carbocycles. The molecule has 0 aromatic heterocycles. The first-order valence-corrected chi connectivity index (χ1v) is 6.51. The summed E-state index contributed by atoms with van der Waals surface area (Å²) < 4.78 is 31.5. The molecule has 104 valence electrons. The largest absolute Gasteiger partial charge is 0.489 e. The molecule has 0 aliphatic heterocycles. The Hall–Kier alpha value is -1.94. The lowest BCUT2D eigenvalue weighted by molar-refractivity contribution is 0.180. The van der Waals surface area contributed by atoms with Gasteiger partial charge in [-0.15, -0.1) is 0 Å². The highest BCUT2D eigenvalue weighted by molar-refractivity contribution is 5.40. The zero-order chi connectivity index (χ0) is 14.1. The Morgan fingerprint density at radius 1 is 1.10 bits per heavy atom. The van der Waals surface area contributed by atoms with E-state index < -0.39 is 11.6 Å². The van der Waals surface area contributed by atoms with Gasteiger partial charge in [0.2, 0.25) is 0 Å². The number of rotatable bonds is 3. The normalized spacial score (nSPS) is 17.1. The number of ether oxygens (including phenoxy) is 1. The van der Waals surface area contributed by atoms with E-state index in [2.05, 4.69) is 0 Å². The molecule has 1 N–H and O–H groups in total. The SMILES string of the molecule is O[C@H]1CCc2cc(OCc3ccc(F)c(F)c3)ccc21. The molecule has 0 fully saturated rings. The Labute approximate surface area is 115 Å². The Balaban J connectivity index is 1.71. The Morgan fingerprint density at radius 3 is 2.75 bits per heavy atom. The third kappa shape index (κ3) is 2.51. The highest BCUT2D eigenvalue weighted by Crippen LogP contribution is 2.33. The lowest BCUT2D eigenvalue weighted by Crippen LogP contribution is -1.98. The van der Waals surface area contributed by atoms with Gasteiger partial charge in [-0.3, -0.25) is 0 Å². The van der Waals surface area contributed by atoms with Crippen molar-refractivity contribution in [3.05, 3.63) is 64.7 Å². The van der Waals surface area contributed by atoms with Crippen molar-refractivity contribution in [2.45, 2.75) is 25.6 Å². The molecule has 0 unspecified atom stereocenters.